The maximum absolute atomic E-state index is 13.2. The van der Waals surface area contributed by atoms with Gasteiger partial charge in [0.25, 0.3) is 0 Å². The summed E-state index contributed by atoms with van der Waals surface area (Å²) in [5.74, 6) is 0.750. The first-order valence-corrected chi connectivity index (χ1v) is 13.8. The summed E-state index contributed by atoms with van der Waals surface area (Å²) in [5.41, 5.74) is 1.47. The van der Waals surface area contributed by atoms with Gasteiger partial charge in [-0.3, -0.25) is 4.79 Å². The highest BCUT2D eigenvalue weighted by atomic mass is 32.2. The number of rotatable bonds is 8. The van der Waals surface area contributed by atoms with Crippen molar-refractivity contribution in [2.75, 3.05) is 25.5 Å². The Labute approximate surface area is 199 Å². The monoisotopic (exact) mass is 492 g/mol. The van der Waals surface area contributed by atoms with Crippen LogP contribution < -0.4 is 20.1 Å². The van der Waals surface area contributed by atoms with Crippen LogP contribution in [0.1, 0.15) is 50.6 Å². The standard InChI is InChI=1S/C23H32N4O4S2/c1-15-22(32-23(25-15)26-21(28)12-16-6-3-4-7-16)17-9-10-19(31-2)20(13-17)33(29,30)27-18-8-5-11-24-14-18/h9-10,13,16,18,24,27H,3-8,11-12,14H2,1-2H3,(H,25,26,28). The molecule has 10 heteroatoms. The Morgan fingerprint density at radius 2 is 2.03 bits per heavy atom. The average molecular weight is 493 g/mol. The quantitative estimate of drug-likeness (QED) is 0.519. The van der Waals surface area contributed by atoms with E-state index in [2.05, 4.69) is 20.3 Å². The molecule has 2 aromatic rings. The molecule has 8 nitrogen and oxygen atoms in total. The lowest BCUT2D eigenvalue weighted by Crippen LogP contribution is -2.45. The van der Waals surface area contributed by atoms with Crippen LogP contribution in [0.5, 0.6) is 5.75 Å². The van der Waals surface area contributed by atoms with Crippen LogP contribution in [0.3, 0.4) is 0 Å². The molecule has 1 saturated carbocycles. The van der Waals surface area contributed by atoms with Gasteiger partial charge in [0.1, 0.15) is 10.6 Å². The minimum Gasteiger partial charge on any atom is -0.495 e. The lowest BCUT2D eigenvalue weighted by molar-refractivity contribution is -0.117. The highest BCUT2D eigenvalue weighted by molar-refractivity contribution is 7.89. The fourth-order valence-corrected chi connectivity index (χ4v) is 7.07. The lowest BCUT2D eigenvalue weighted by Gasteiger charge is -2.24. The average Bonchev–Trinajstić information content (AvgIpc) is 3.43. The SMILES string of the molecule is COc1ccc(-c2sc(NC(=O)CC3CCCC3)nc2C)cc1S(=O)(=O)NC1CCCNC1. The molecule has 0 spiro atoms. The summed E-state index contributed by atoms with van der Waals surface area (Å²) in [6, 6.07) is 4.97. The van der Waals surface area contributed by atoms with Gasteiger partial charge in [0.2, 0.25) is 15.9 Å². The summed E-state index contributed by atoms with van der Waals surface area (Å²) in [7, 11) is -2.31. The minimum absolute atomic E-state index is 0.00881. The first kappa shape index (κ1) is 24.1. The van der Waals surface area contributed by atoms with Crippen molar-refractivity contribution in [2.45, 2.75) is 62.8 Å². The zero-order valence-corrected chi connectivity index (χ0v) is 20.8. The van der Waals surface area contributed by atoms with Gasteiger partial charge in [-0.05, 0) is 68.8 Å². The molecule has 33 heavy (non-hydrogen) atoms. The van der Waals surface area contributed by atoms with Crippen molar-refractivity contribution >= 4 is 32.4 Å². The number of thiazole rings is 1. The fourth-order valence-electron chi connectivity index (χ4n) is 4.63. The number of methoxy groups -OCH3 is 1. The number of anilines is 1. The van der Waals surface area contributed by atoms with E-state index in [0.717, 1.165) is 48.4 Å². The van der Waals surface area contributed by atoms with Gasteiger partial charge in [-0.25, -0.2) is 18.1 Å². The molecule has 1 atom stereocenters. The van der Waals surface area contributed by atoms with Gasteiger partial charge >= 0.3 is 0 Å². The molecule has 1 saturated heterocycles. The van der Waals surface area contributed by atoms with E-state index >= 15 is 0 Å². The zero-order valence-electron chi connectivity index (χ0n) is 19.1. The Morgan fingerprint density at radius 1 is 1.24 bits per heavy atom. The van der Waals surface area contributed by atoms with Crippen LogP contribution in [0, 0.1) is 12.8 Å². The number of carbonyl (C=O) groups excluding carboxylic acids is 1. The third-order valence-electron chi connectivity index (χ3n) is 6.33. The molecular formula is C23H32N4O4S2. The first-order chi connectivity index (χ1) is 15.9. The smallest absolute Gasteiger partial charge is 0.244 e. The molecule has 1 aromatic carbocycles. The summed E-state index contributed by atoms with van der Waals surface area (Å²) in [4.78, 5) is 17.9. The highest BCUT2D eigenvalue weighted by Gasteiger charge is 2.26. The Balaban J connectivity index is 1.54. The number of aromatic nitrogens is 1. The van der Waals surface area contributed by atoms with Crippen molar-refractivity contribution in [2.24, 2.45) is 5.92 Å². The predicted molar refractivity (Wildman–Crippen MR) is 130 cm³/mol. The summed E-state index contributed by atoms with van der Waals surface area (Å²) < 4.78 is 34.5. The second-order valence-corrected chi connectivity index (χ2v) is 11.5. The Morgan fingerprint density at radius 3 is 2.73 bits per heavy atom. The summed E-state index contributed by atoms with van der Waals surface area (Å²) in [5, 5.41) is 6.69. The van der Waals surface area contributed by atoms with E-state index in [1.165, 1.54) is 31.3 Å². The number of ether oxygens (including phenoxy) is 1. The fraction of sp³-hybridized carbons (Fsp3) is 0.565. The normalized spacial score (nSPS) is 19.5. The molecular weight excluding hydrogens is 460 g/mol. The van der Waals surface area contributed by atoms with Crippen molar-refractivity contribution in [3.05, 3.63) is 23.9 Å². The van der Waals surface area contributed by atoms with Crippen LogP contribution in [-0.2, 0) is 14.8 Å². The van der Waals surface area contributed by atoms with E-state index in [0.29, 0.717) is 29.8 Å². The summed E-state index contributed by atoms with van der Waals surface area (Å²) in [6.07, 6.45) is 6.89. The van der Waals surface area contributed by atoms with Crippen molar-refractivity contribution in [3.63, 3.8) is 0 Å². The maximum atomic E-state index is 13.2. The Bertz CT molecular complexity index is 1090. The molecule has 2 fully saturated rings. The molecule has 1 amide bonds. The van der Waals surface area contributed by atoms with Gasteiger partial charge in [-0.2, -0.15) is 0 Å². The Hall–Kier alpha value is -2.01. The number of nitrogens with zero attached hydrogens (tertiary/aromatic N) is 1. The number of sulfonamides is 1. The van der Waals surface area contributed by atoms with Crippen molar-refractivity contribution in [1.29, 1.82) is 0 Å². The van der Waals surface area contributed by atoms with E-state index in [4.69, 9.17) is 4.74 Å². The number of hydrogen-bond donors (Lipinski definition) is 3. The maximum Gasteiger partial charge on any atom is 0.244 e. The van der Waals surface area contributed by atoms with Crippen LogP contribution in [0.15, 0.2) is 23.1 Å². The minimum atomic E-state index is -3.77. The molecule has 3 N–H and O–H groups in total. The van der Waals surface area contributed by atoms with E-state index < -0.39 is 10.0 Å². The number of nitrogens with one attached hydrogen (secondary N) is 3. The topological polar surface area (TPSA) is 109 Å². The molecule has 2 aliphatic rings. The highest BCUT2D eigenvalue weighted by Crippen LogP contribution is 2.37. The van der Waals surface area contributed by atoms with Gasteiger partial charge in [0.05, 0.1) is 17.7 Å². The van der Waals surface area contributed by atoms with Gasteiger partial charge in [0, 0.05) is 19.0 Å². The molecule has 0 radical (unpaired) electrons. The Kier molecular flexibility index (Phi) is 7.68. The number of piperidine rings is 1. The lowest BCUT2D eigenvalue weighted by atomic mass is 10.0. The largest absolute Gasteiger partial charge is 0.495 e. The first-order valence-electron chi connectivity index (χ1n) is 11.5. The number of hydrogen-bond acceptors (Lipinski definition) is 7. The second-order valence-electron chi connectivity index (χ2n) is 8.87. The molecule has 180 valence electrons. The van der Waals surface area contributed by atoms with E-state index in [1.807, 2.05) is 13.0 Å². The molecule has 1 aliphatic carbocycles. The summed E-state index contributed by atoms with van der Waals surface area (Å²) in [6.45, 7) is 3.38. The third kappa shape index (κ3) is 5.92. The zero-order chi connectivity index (χ0) is 23.4. The van der Waals surface area contributed by atoms with Crippen molar-refractivity contribution < 1.29 is 17.9 Å². The van der Waals surface area contributed by atoms with Crippen LogP contribution in [-0.4, -0.2) is 45.6 Å². The van der Waals surface area contributed by atoms with Crippen LogP contribution in [0.4, 0.5) is 5.13 Å². The van der Waals surface area contributed by atoms with Gasteiger partial charge in [-0.15, -0.1) is 0 Å². The third-order valence-corrected chi connectivity index (χ3v) is 8.99. The van der Waals surface area contributed by atoms with Gasteiger partial charge < -0.3 is 15.4 Å². The molecule has 1 aromatic heterocycles. The van der Waals surface area contributed by atoms with Crippen molar-refractivity contribution in [3.8, 4) is 16.2 Å². The number of benzene rings is 1. The van der Waals surface area contributed by atoms with Gasteiger partial charge in [0.15, 0.2) is 5.13 Å². The molecule has 1 unspecified atom stereocenters. The predicted octanol–water partition coefficient (Wildman–Crippen LogP) is 3.68. The molecule has 1 aliphatic heterocycles. The second kappa shape index (κ2) is 10.5. The van der Waals surface area contributed by atoms with E-state index in [1.54, 1.807) is 12.1 Å². The van der Waals surface area contributed by atoms with Gasteiger partial charge in [-0.1, -0.05) is 24.2 Å². The van der Waals surface area contributed by atoms with E-state index in [9.17, 15) is 13.2 Å². The van der Waals surface area contributed by atoms with Crippen LogP contribution in [0.25, 0.3) is 10.4 Å². The number of amides is 1. The van der Waals surface area contributed by atoms with Crippen molar-refractivity contribution in [1.82, 2.24) is 15.0 Å². The molecule has 2 heterocycles. The molecule has 0 bridgehead atoms. The number of aryl methyl sites for hydroxylation is 1. The summed E-state index contributed by atoms with van der Waals surface area (Å²) >= 11 is 1.36. The number of carbonyl (C=O) groups is 1. The van der Waals surface area contributed by atoms with Crippen LogP contribution >= 0.6 is 11.3 Å². The molecule has 4 rings (SSSR count). The van der Waals surface area contributed by atoms with E-state index in [-0.39, 0.29) is 16.8 Å². The van der Waals surface area contributed by atoms with Crippen LogP contribution in [0.2, 0.25) is 0 Å².